The molecule has 0 aliphatic carbocycles. The lowest BCUT2D eigenvalue weighted by Gasteiger charge is -2.03. The number of thiazole rings is 1. The molecule has 8 heteroatoms. The largest absolute Gasteiger partial charge is 0.361 e. The van der Waals surface area contributed by atoms with Crippen LogP contribution in [0.2, 0.25) is 0 Å². The molecule has 5 rings (SSSR count). The number of amides is 1. The molecule has 2 aromatic heterocycles. The minimum absolute atomic E-state index is 0.123. The number of carbonyl (C=O) groups excluding carboxylic acids is 1. The third-order valence-corrected chi connectivity index (χ3v) is 4.83. The number of nitrogens with one attached hydrogen (secondary N) is 3. The second kappa shape index (κ2) is 4.87. The van der Waals surface area contributed by atoms with Crippen molar-refractivity contribution in [2.24, 2.45) is 0 Å². The summed E-state index contributed by atoms with van der Waals surface area (Å²) in [6.07, 6.45) is 1.73. The van der Waals surface area contributed by atoms with Crippen LogP contribution in [0.4, 0.5) is 11.4 Å². The summed E-state index contributed by atoms with van der Waals surface area (Å²) in [5.41, 5.74) is 7.48. The van der Waals surface area contributed by atoms with Gasteiger partial charge in [-0.1, -0.05) is 5.21 Å². The Kier molecular flexibility index (Phi) is 2.68. The predicted molar refractivity (Wildman–Crippen MR) is 93.7 cm³/mol. The molecule has 0 atom stereocenters. The van der Waals surface area contributed by atoms with E-state index in [0.717, 1.165) is 38.2 Å². The minimum Gasteiger partial charge on any atom is -0.361 e. The molecule has 2 aromatic carbocycles. The van der Waals surface area contributed by atoms with Gasteiger partial charge in [-0.25, -0.2) is 4.98 Å². The average Bonchev–Trinajstić information content (AvgIpc) is 3.29. The van der Waals surface area contributed by atoms with Crippen LogP contribution in [-0.4, -0.2) is 26.3 Å². The van der Waals surface area contributed by atoms with Gasteiger partial charge in [-0.2, -0.15) is 0 Å². The Balaban J connectivity index is 1.58. The highest BCUT2D eigenvalue weighted by Gasteiger charge is 2.27. The van der Waals surface area contributed by atoms with Crippen LogP contribution < -0.4 is 10.6 Å². The molecule has 3 heterocycles. The standard InChI is InChI=1S/C16H10N6OS/c23-16-9(6-17-8-1-2-10-13(5-8)21-22-20-10)14-11(19-16)3-4-12-15(14)24-7-18-12/h1-7,17H,(H,19,23)(H,20,21,22). The van der Waals surface area contributed by atoms with Crippen LogP contribution in [0.3, 0.4) is 0 Å². The highest BCUT2D eigenvalue weighted by molar-refractivity contribution is 7.17. The molecular weight excluding hydrogens is 324 g/mol. The van der Waals surface area contributed by atoms with E-state index in [4.69, 9.17) is 0 Å². The first kappa shape index (κ1) is 13.2. The van der Waals surface area contributed by atoms with Crippen LogP contribution in [0, 0.1) is 0 Å². The lowest BCUT2D eigenvalue weighted by molar-refractivity contribution is -0.110. The fourth-order valence-corrected chi connectivity index (χ4v) is 3.68. The summed E-state index contributed by atoms with van der Waals surface area (Å²) in [7, 11) is 0. The fourth-order valence-electron chi connectivity index (χ4n) is 2.83. The molecule has 1 aliphatic rings. The Labute approximate surface area is 139 Å². The molecule has 0 saturated heterocycles. The Bertz CT molecular complexity index is 1140. The number of carbonyl (C=O) groups is 1. The second-order valence-electron chi connectivity index (χ2n) is 5.39. The van der Waals surface area contributed by atoms with Gasteiger partial charge in [-0.05, 0) is 30.3 Å². The number of fused-ring (bicyclic) bond motifs is 4. The fraction of sp³-hybridized carbons (Fsp3) is 0. The number of anilines is 2. The lowest BCUT2D eigenvalue weighted by Crippen LogP contribution is -2.05. The zero-order valence-electron chi connectivity index (χ0n) is 12.2. The number of aromatic nitrogens is 4. The first-order valence-electron chi connectivity index (χ1n) is 7.25. The first-order chi connectivity index (χ1) is 11.8. The van der Waals surface area contributed by atoms with Gasteiger partial charge >= 0.3 is 0 Å². The number of benzene rings is 2. The molecule has 4 aromatic rings. The number of hydrogen-bond acceptors (Lipinski definition) is 6. The molecule has 0 saturated carbocycles. The Hall–Kier alpha value is -3.26. The highest BCUT2D eigenvalue weighted by Crippen LogP contribution is 2.39. The molecular formula is C16H10N6OS. The van der Waals surface area contributed by atoms with E-state index < -0.39 is 0 Å². The van der Waals surface area contributed by atoms with Crippen LogP contribution in [0.1, 0.15) is 5.56 Å². The van der Waals surface area contributed by atoms with E-state index in [1.807, 2.05) is 30.3 Å². The number of nitrogens with zero attached hydrogens (tertiary/aromatic N) is 3. The zero-order chi connectivity index (χ0) is 16.1. The third-order valence-electron chi connectivity index (χ3n) is 3.97. The molecule has 0 spiro atoms. The SMILES string of the molecule is O=C1Nc2ccc3ncsc3c2C1=CNc1ccc2nn[nH]c2c1. The Morgan fingerprint density at radius 3 is 3.04 bits per heavy atom. The van der Waals surface area contributed by atoms with Gasteiger partial charge in [-0.15, -0.1) is 16.4 Å². The summed E-state index contributed by atoms with van der Waals surface area (Å²) in [4.78, 5) is 16.6. The van der Waals surface area contributed by atoms with E-state index in [1.54, 1.807) is 11.7 Å². The van der Waals surface area contributed by atoms with E-state index in [1.165, 1.54) is 11.3 Å². The molecule has 116 valence electrons. The van der Waals surface area contributed by atoms with Gasteiger partial charge < -0.3 is 10.6 Å². The number of rotatable bonds is 2. The highest BCUT2D eigenvalue weighted by atomic mass is 32.1. The summed E-state index contributed by atoms with van der Waals surface area (Å²) in [6.45, 7) is 0. The quantitative estimate of drug-likeness (QED) is 0.490. The maximum absolute atomic E-state index is 12.3. The maximum Gasteiger partial charge on any atom is 0.257 e. The molecule has 7 nitrogen and oxygen atoms in total. The summed E-state index contributed by atoms with van der Waals surface area (Å²) < 4.78 is 1.01. The molecule has 0 bridgehead atoms. The third kappa shape index (κ3) is 1.90. The second-order valence-corrected chi connectivity index (χ2v) is 6.24. The molecule has 24 heavy (non-hydrogen) atoms. The van der Waals surface area contributed by atoms with Crippen LogP contribution >= 0.6 is 11.3 Å². The van der Waals surface area contributed by atoms with Gasteiger partial charge in [-0.3, -0.25) is 9.89 Å². The van der Waals surface area contributed by atoms with Gasteiger partial charge in [0.2, 0.25) is 0 Å². The van der Waals surface area contributed by atoms with Crippen molar-refractivity contribution in [3.8, 4) is 0 Å². The van der Waals surface area contributed by atoms with Crippen molar-refractivity contribution >= 4 is 55.4 Å². The normalized spacial score (nSPS) is 15.2. The first-order valence-corrected chi connectivity index (χ1v) is 8.13. The van der Waals surface area contributed by atoms with E-state index in [0.29, 0.717) is 5.57 Å². The van der Waals surface area contributed by atoms with Crippen molar-refractivity contribution in [3.63, 3.8) is 0 Å². The summed E-state index contributed by atoms with van der Waals surface area (Å²) in [6, 6.07) is 9.46. The summed E-state index contributed by atoms with van der Waals surface area (Å²) >= 11 is 1.53. The Morgan fingerprint density at radius 2 is 2.08 bits per heavy atom. The van der Waals surface area contributed by atoms with Crippen molar-refractivity contribution in [2.45, 2.75) is 0 Å². The van der Waals surface area contributed by atoms with Gasteiger partial charge in [0.1, 0.15) is 5.52 Å². The monoisotopic (exact) mass is 334 g/mol. The molecule has 1 aliphatic heterocycles. The zero-order valence-corrected chi connectivity index (χ0v) is 13.0. The molecule has 0 fully saturated rings. The van der Waals surface area contributed by atoms with Crippen LogP contribution in [-0.2, 0) is 4.79 Å². The van der Waals surface area contributed by atoms with Gasteiger partial charge in [0.15, 0.2) is 0 Å². The molecule has 0 unspecified atom stereocenters. The van der Waals surface area contributed by atoms with Crippen molar-refractivity contribution in [1.29, 1.82) is 0 Å². The van der Waals surface area contributed by atoms with Gasteiger partial charge in [0.05, 0.1) is 32.5 Å². The van der Waals surface area contributed by atoms with Gasteiger partial charge in [0.25, 0.3) is 5.91 Å². The smallest absolute Gasteiger partial charge is 0.257 e. The Morgan fingerprint density at radius 1 is 1.17 bits per heavy atom. The summed E-state index contributed by atoms with van der Waals surface area (Å²) in [5.74, 6) is -0.123. The number of aromatic amines is 1. The maximum atomic E-state index is 12.3. The topological polar surface area (TPSA) is 95.6 Å². The predicted octanol–water partition coefficient (Wildman–Crippen LogP) is 2.97. The van der Waals surface area contributed by atoms with Crippen molar-refractivity contribution in [1.82, 2.24) is 20.4 Å². The van der Waals surface area contributed by atoms with Crippen molar-refractivity contribution in [3.05, 3.63) is 47.6 Å². The summed E-state index contributed by atoms with van der Waals surface area (Å²) in [5, 5.41) is 16.6. The van der Waals surface area contributed by atoms with E-state index in [2.05, 4.69) is 31.0 Å². The van der Waals surface area contributed by atoms with Crippen molar-refractivity contribution < 1.29 is 4.79 Å². The lowest BCUT2D eigenvalue weighted by atomic mass is 10.1. The van der Waals surface area contributed by atoms with E-state index in [-0.39, 0.29) is 5.91 Å². The number of hydrogen-bond donors (Lipinski definition) is 3. The average molecular weight is 334 g/mol. The van der Waals surface area contributed by atoms with Crippen LogP contribution in [0.15, 0.2) is 42.0 Å². The minimum atomic E-state index is -0.123. The van der Waals surface area contributed by atoms with Crippen LogP contribution in [0.25, 0.3) is 26.8 Å². The van der Waals surface area contributed by atoms with Crippen molar-refractivity contribution in [2.75, 3.05) is 10.6 Å². The number of H-pyrrole nitrogens is 1. The van der Waals surface area contributed by atoms with Crippen LogP contribution in [0.5, 0.6) is 0 Å². The van der Waals surface area contributed by atoms with Gasteiger partial charge in [0, 0.05) is 17.5 Å². The molecule has 1 amide bonds. The molecule has 3 N–H and O–H groups in total. The van der Waals surface area contributed by atoms with E-state index in [9.17, 15) is 4.79 Å². The molecule has 0 radical (unpaired) electrons. The van der Waals surface area contributed by atoms with E-state index >= 15 is 0 Å².